The smallest absolute Gasteiger partial charge is 0.263 e. The molecule has 1 aromatic heterocycles. The van der Waals surface area contributed by atoms with Crippen LogP contribution in [-0.2, 0) is 21.2 Å². The van der Waals surface area contributed by atoms with E-state index >= 15 is 0 Å². The van der Waals surface area contributed by atoms with E-state index in [9.17, 15) is 13.2 Å². The maximum atomic E-state index is 13.5. The summed E-state index contributed by atoms with van der Waals surface area (Å²) in [5.41, 5.74) is 8.23. The Morgan fingerprint density at radius 3 is 2.38 bits per heavy atom. The molecule has 3 aromatic carbocycles. The summed E-state index contributed by atoms with van der Waals surface area (Å²) in [4.78, 5) is 21.2. The van der Waals surface area contributed by atoms with Crippen molar-refractivity contribution in [2.45, 2.75) is 31.2 Å². The van der Waals surface area contributed by atoms with Crippen LogP contribution < -0.4 is 20.5 Å². The molecule has 0 fully saturated rings. The highest BCUT2D eigenvalue weighted by Gasteiger charge is 2.22. The van der Waals surface area contributed by atoms with Gasteiger partial charge in [0.05, 0.1) is 39.8 Å². The van der Waals surface area contributed by atoms with Crippen molar-refractivity contribution >= 4 is 55.8 Å². The fourth-order valence-electron chi connectivity index (χ4n) is 3.60. The van der Waals surface area contributed by atoms with E-state index in [2.05, 4.69) is 20.0 Å². The van der Waals surface area contributed by atoms with Gasteiger partial charge in [0, 0.05) is 12.5 Å². The molecule has 0 spiro atoms. The standard InChI is InChI=1S/C26H26ClN5O4S/c1-15-8-9-17(12-23(33)16(2)28)13-24(15)37(34,35)32-26-25(29-20-6-4-5-7-21(20)30-26)31-22-14-18(36-3)10-11-19(22)27/h4-11,13-14,16H,12,28H2,1-3H3,(H,29,31)(H,30,32)/t16-/m0/s1. The SMILES string of the molecule is COc1ccc(Cl)c(Nc2nc3ccccc3nc2NS(=O)(=O)c2cc(CC(=O)[C@H](C)N)ccc2C)c1. The molecule has 0 aliphatic heterocycles. The average molecular weight is 540 g/mol. The second-order valence-corrected chi connectivity index (χ2v) is 10.6. The number of carbonyl (C=O) groups is 1. The van der Waals surface area contributed by atoms with Crippen LogP contribution in [0, 0.1) is 6.92 Å². The molecule has 4 rings (SSSR count). The molecule has 0 unspecified atom stereocenters. The van der Waals surface area contributed by atoms with Gasteiger partial charge in [0.2, 0.25) is 0 Å². The van der Waals surface area contributed by atoms with Crippen molar-refractivity contribution in [1.82, 2.24) is 9.97 Å². The summed E-state index contributed by atoms with van der Waals surface area (Å²) in [5.74, 6) is 0.492. The number of carbonyl (C=O) groups excluding carboxylic acids is 1. The third-order valence-corrected chi connectivity index (χ3v) is 7.47. The molecule has 4 aromatic rings. The molecule has 0 bridgehead atoms. The Bertz CT molecular complexity index is 1590. The number of anilines is 3. The fraction of sp³-hybridized carbons (Fsp3) is 0.192. The predicted molar refractivity (Wildman–Crippen MR) is 145 cm³/mol. The molecule has 9 nitrogen and oxygen atoms in total. The van der Waals surface area contributed by atoms with Crippen LogP contribution in [0.5, 0.6) is 5.75 Å². The van der Waals surface area contributed by atoms with Crippen LogP contribution in [-0.4, -0.2) is 37.3 Å². The third kappa shape index (κ3) is 5.99. The minimum absolute atomic E-state index is 0.0165. The lowest BCUT2D eigenvalue weighted by Crippen LogP contribution is -2.28. The van der Waals surface area contributed by atoms with Gasteiger partial charge in [-0.25, -0.2) is 18.4 Å². The topological polar surface area (TPSA) is 136 Å². The number of fused-ring (bicyclic) bond motifs is 1. The summed E-state index contributed by atoms with van der Waals surface area (Å²) in [6, 6.07) is 16.3. The molecule has 0 saturated heterocycles. The highest BCUT2D eigenvalue weighted by atomic mass is 35.5. The number of nitrogens with two attached hydrogens (primary N) is 1. The third-order valence-electron chi connectivity index (χ3n) is 5.66. The summed E-state index contributed by atoms with van der Waals surface area (Å²) in [7, 11) is -2.59. The quantitative estimate of drug-likeness (QED) is 0.280. The normalized spacial score (nSPS) is 12.2. The average Bonchev–Trinajstić information content (AvgIpc) is 2.86. The van der Waals surface area contributed by atoms with Crippen LogP contribution in [0.25, 0.3) is 11.0 Å². The van der Waals surface area contributed by atoms with Crippen molar-refractivity contribution in [2.75, 3.05) is 17.1 Å². The second kappa shape index (κ2) is 10.7. The van der Waals surface area contributed by atoms with Crippen molar-refractivity contribution in [1.29, 1.82) is 0 Å². The molecule has 37 heavy (non-hydrogen) atoms. The van der Waals surface area contributed by atoms with E-state index in [1.54, 1.807) is 62.4 Å². The van der Waals surface area contributed by atoms with E-state index in [4.69, 9.17) is 22.1 Å². The first kappa shape index (κ1) is 26.3. The van der Waals surface area contributed by atoms with Gasteiger partial charge in [-0.05, 0) is 55.3 Å². The van der Waals surface area contributed by atoms with Gasteiger partial charge in [-0.3, -0.25) is 9.52 Å². The molecular formula is C26H26ClN5O4S. The Hall–Kier alpha value is -3.73. The van der Waals surface area contributed by atoms with E-state index in [0.717, 1.165) is 0 Å². The van der Waals surface area contributed by atoms with E-state index < -0.39 is 16.1 Å². The maximum Gasteiger partial charge on any atom is 0.263 e. The Morgan fingerprint density at radius 2 is 1.73 bits per heavy atom. The fourth-order valence-corrected chi connectivity index (χ4v) is 5.07. The number of para-hydroxylation sites is 2. The first-order valence-electron chi connectivity index (χ1n) is 11.4. The lowest BCUT2D eigenvalue weighted by Gasteiger charge is -2.16. The summed E-state index contributed by atoms with van der Waals surface area (Å²) < 4.78 is 34.9. The minimum atomic E-state index is -4.12. The predicted octanol–water partition coefficient (Wildman–Crippen LogP) is 4.60. The zero-order valence-electron chi connectivity index (χ0n) is 20.4. The molecule has 0 radical (unpaired) electrons. The van der Waals surface area contributed by atoms with Gasteiger partial charge in [0.1, 0.15) is 5.75 Å². The number of ether oxygens (including phenoxy) is 1. The molecule has 4 N–H and O–H groups in total. The summed E-state index contributed by atoms with van der Waals surface area (Å²) in [6.45, 7) is 3.27. The molecule has 0 aliphatic carbocycles. The Balaban J connectivity index is 1.76. The Labute approximate surface area is 220 Å². The van der Waals surface area contributed by atoms with Gasteiger partial charge < -0.3 is 15.8 Å². The highest BCUT2D eigenvalue weighted by Crippen LogP contribution is 2.33. The number of nitrogens with one attached hydrogen (secondary N) is 2. The number of ketones is 1. The largest absolute Gasteiger partial charge is 0.497 e. The van der Waals surface area contributed by atoms with E-state index in [1.165, 1.54) is 13.2 Å². The van der Waals surface area contributed by atoms with Crippen molar-refractivity contribution in [3.8, 4) is 5.75 Å². The molecule has 192 valence electrons. The number of benzene rings is 3. The number of methoxy groups -OCH3 is 1. The zero-order chi connectivity index (χ0) is 26.7. The monoisotopic (exact) mass is 539 g/mol. The van der Waals surface area contributed by atoms with Crippen molar-refractivity contribution < 1.29 is 17.9 Å². The van der Waals surface area contributed by atoms with Gasteiger partial charge in [-0.2, -0.15) is 0 Å². The molecule has 11 heteroatoms. The number of sulfonamides is 1. The highest BCUT2D eigenvalue weighted by molar-refractivity contribution is 7.92. The summed E-state index contributed by atoms with van der Waals surface area (Å²) >= 11 is 6.36. The number of halogens is 1. The molecule has 0 aliphatic rings. The molecule has 0 amide bonds. The summed E-state index contributed by atoms with van der Waals surface area (Å²) in [5, 5.41) is 3.46. The van der Waals surface area contributed by atoms with Crippen LogP contribution in [0.3, 0.4) is 0 Å². The number of hydrogen-bond acceptors (Lipinski definition) is 8. The number of rotatable bonds is 9. The van der Waals surface area contributed by atoms with Crippen molar-refractivity contribution in [2.24, 2.45) is 5.73 Å². The Kier molecular flexibility index (Phi) is 7.63. The number of Topliss-reactive ketones (excluding diaryl/α,β-unsaturated/α-hetero) is 1. The van der Waals surface area contributed by atoms with Crippen LogP contribution >= 0.6 is 11.6 Å². The van der Waals surface area contributed by atoms with Crippen LogP contribution in [0.15, 0.2) is 65.6 Å². The maximum absolute atomic E-state index is 13.5. The first-order valence-corrected chi connectivity index (χ1v) is 13.2. The van der Waals surface area contributed by atoms with E-state index in [-0.39, 0.29) is 28.7 Å². The van der Waals surface area contributed by atoms with E-state index in [1.807, 2.05) is 6.07 Å². The van der Waals surface area contributed by atoms with Crippen LogP contribution in [0.2, 0.25) is 5.02 Å². The number of aryl methyl sites for hydroxylation is 1. The molecular weight excluding hydrogens is 514 g/mol. The van der Waals surface area contributed by atoms with Gasteiger partial charge in [0.25, 0.3) is 10.0 Å². The van der Waals surface area contributed by atoms with Gasteiger partial charge in [0.15, 0.2) is 17.4 Å². The number of hydrogen-bond donors (Lipinski definition) is 3. The van der Waals surface area contributed by atoms with Crippen LogP contribution in [0.1, 0.15) is 18.1 Å². The number of nitrogens with zero attached hydrogens (tertiary/aromatic N) is 2. The van der Waals surface area contributed by atoms with Crippen molar-refractivity contribution in [3.63, 3.8) is 0 Å². The molecule has 1 atom stereocenters. The van der Waals surface area contributed by atoms with Crippen LogP contribution in [0.4, 0.5) is 17.3 Å². The van der Waals surface area contributed by atoms with Crippen molar-refractivity contribution in [3.05, 3.63) is 76.8 Å². The number of aromatic nitrogens is 2. The summed E-state index contributed by atoms with van der Waals surface area (Å²) in [6.07, 6.45) is 0.0252. The Morgan fingerprint density at radius 1 is 1.05 bits per heavy atom. The lowest BCUT2D eigenvalue weighted by atomic mass is 10.0. The zero-order valence-corrected chi connectivity index (χ0v) is 22.0. The van der Waals surface area contributed by atoms with Gasteiger partial charge in [-0.15, -0.1) is 0 Å². The minimum Gasteiger partial charge on any atom is -0.497 e. The second-order valence-electron chi connectivity index (χ2n) is 8.52. The van der Waals surface area contributed by atoms with E-state index in [0.29, 0.717) is 38.6 Å². The molecule has 1 heterocycles. The first-order chi connectivity index (χ1) is 17.6. The molecule has 0 saturated carbocycles. The van der Waals surface area contributed by atoms with Gasteiger partial charge in [-0.1, -0.05) is 35.9 Å². The lowest BCUT2D eigenvalue weighted by molar-refractivity contribution is -0.119. The van der Waals surface area contributed by atoms with Gasteiger partial charge >= 0.3 is 0 Å².